The number of benzene rings is 1. The van der Waals surface area contributed by atoms with Gasteiger partial charge in [-0.2, -0.15) is 9.49 Å². The Labute approximate surface area is 101 Å². The molecular formula is C11H8F2N4O. The van der Waals surface area contributed by atoms with E-state index in [1.54, 1.807) is 0 Å². The first-order valence-electron chi connectivity index (χ1n) is 4.87. The summed E-state index contributed by atoms with van der Waals surface area (Å²) in [5, 5.41) is 14.4. The van der Waals surface area contributed by atoms with E-state index in [1.165, 1.54) is 24.4 Å². The number of nitrogen functional groups attached to an aromatic ring is 1. The second-order valence-electron chi connectivity index (χ2n) is 3.32. The lowest BCUT2D eigenvalue weighted by molar-refractivity contribution is 0.401. The summed E-state index contributed by atoms with van der Waals surface area (Å²) < 4.78 is 31.4. The van der Waals surface area contributed by atoms with Gasteiger partial charge in [-0.3, -0.25) is 5.41 Å². The summed E-state index contributed by atoms with van der Waals surface area (Å²) in [6.07, 6.45) is 1.31. The zero-order valence-corrected chi connectivity index (χ0v) is 9.02. The molecule has 0 radical (unpaired) electrons. The number of nitrogens with zero attached hydrogens (tertiary/aromatic N) is 2. The number of amidine groups is 1. The van der Waals surface area contributed by atoms with Crippen molar-refractivity contribution in [2.45, 2.75) is 0 Å². The van der Waals surface area contributed by atoms with Crippen LogP contribution in [0.3, 0.4) is 0 Å². The Morgan fingerprint density at radius 2 is 2.06 bits per heavy atom. The molecule has 0 saturated heterocycles. The molecule has 0 saturated carbocycles. The molecule has 92 valence electrons. The van der Waals surface area contributed by atoms with Gasteiger partial charge in [-0.1, -0.05) is 6.07 Å². The van der Waals surface area contributed by atoms with Crippen molar-refractivity contribution in [1.82, 2.24) is 10.2 Å². The highest BCUT2D eigenvalue weighted by Gasteiger charge is 2.14. The van der Waals surface area contributed by atoms with Gasteiger partial charge >= 0.3 is 0 Å². The summed E-state index contributed by atoms with van der Waals surface area (Å²) in [5.74, 6) is -3.00. The van der Waals surface area contributed by atoms with Gasteiger partial charge in [-0.15, -0.1) is 5.10 Å². The number of hydrogen-bond donors (Lipinski definition) is 2. The normalized spacial score (nSPS) is 10.1. The van der Waals surface area contributed by atoms with E-state index in [4.69, 9.17) is 15.9 Å². The van der Waals surface area contributed by atoms with E-state index in [9.17, 15) is 8.78 Å². The molecule has 18 heavy (non-hydrogen) atoms. The maximum absolute atomic E-state index is 13.4. The Morgan fingerprint density at radius 3 is 2.78 bits per heavy atom. The lowest BCUT2D eigenvalue weighted by Gasteiger charge is -2.08. The van der Waals surface area contributed by atoms with Crippen LogP contribution in [0, 0.1) is 17.0 Å². The van der Waals surface area contributed by atoms with E-state index in [1.807, 2.05) is 0 Å². The van der Waals surface area contributed by atoms with Crippen LogP contribution in [0.1, 0.15) is 5.56 Å². The first-order chi connectivity index (χ1) is 8.59. The molecule has 1 aromatic heterocycles. The number of nitrogens with one attached hydrogen (secondary N) is 1. The average Bonchev–Trinajstić information content (AvgIpc) is 2.35. The van der Waals surface area contributed by atoms with Crippen molar-refractivity contribution in [2.24, 2.45) is 5.73 Å². The number of halogens is 2. The van der Waals surface area contributed by atoms with Crippen LogP contribution in [0.4, 0.5) is 8.78 Å². The number of hydrogen-bond acceptors (Lipinski definition) is 4. The molecule has 0 bridgehead atoms. The summed E-state index contributed by atoms with van der Waals surface area (Å²) in [5.41, 5.74) is 5.45. The highest BCUT2D eigenvalue weighted by molar-refractivity contribution is 5.96. The van der Waals surface area contributed by atoms with E-state index < -0.39 is 11.6 Å². The molecule has 2 rings (SSSR count). The van der Waals surface area contributed by atoms with Gasteiger partial charge in [0.25, 0.3) is 0 Å². The number of rotatable bonds is 3. The van der Waals surface area contributed by atoms with Gasteiger partial charge in [-0.25, -0.2) is 4.39 Å². The van der Waals surface area contributed by atoms with E-state index >= 15 is 0 Å². The lowest BCUT2D eigenvalue weighted by atomic mass is 10.2. The van der Waals surface area contributed by atoms with Gasteiger partial charge in [0, 0.05) is 0 Å². The third-order valence-electron chi connectivity index (χ3n) is 2.10. The highest BCUT2D eigenvalue weighted by atomic mass is 19.2. The predicted octanol–water partition coefficient (Wildman–Crippen LogP) is 1.83. The second-order valence-corrected chi connectivity index (χ2v) is 3.32. The van der Waals surface area contributed by atoms with Crippen molar-refractivity contribution < 1.29 is 13.5 Å². The summed E-state index contributed by atoms with van der Waals surface area (Å²) in [7, 11) is 0. The van der Waals surface area contributed by atoms with Gasteiger partial charge in [0.05, 0.1) is 11.8 Å². The van der Waals surface area contributed by atoms with Gasteiger partial charge in [-0.05, 0) is 18.2 Å². The van der Waals surface area contributed by atoms with E-state index in [0.717, 1.165) is 6.07 Å². The van der Waals surface area contributed by atoms with Crippen molar-refractivity contribution in [3.63, 3.8) is 0 Å². The Bertz CT molecular complexity index is 603. The molecule has 0 unspecified atom stereocenters. The maximum Gasteiger partial charge on any atom is 0.250 e. The van der Waals surface area contributed by atoms with Crippen LogP contribution in [0.5, 0.6) is 11.6 Å². The van der Waals surface area contributed by atoms with Gasteiger partial charge in [0.1, 0.15) is 5.84 Å². The third-order valence-corrected chi connectivity index (χ3v) is 2.10. The molecule has 0 aliphatic carbocycles. The Morgan fingerprint density at radius 1 is 1.28 bits per heavy atom. The number of aromatic nitrogens is 2. The van der Waals surface area contributed by atoms with Crippen molar-refractivity contribution in [3.8, 4) is 11.6 Å². The largest absolute Gasteiger partial charge is 0.434 e. The van der Waals surface area contributed by atoms with Gasteiger partial charge in [0.2, 0.25) is 11.7 Å². The van der Waals surface area contributed by atoms with Crippen molar-refractivity contribution >= 4 is 5.84 Å². The van der Waals surface area contributed by atoms with Crippen LogP contribution < -0.4 is 10.5 Å². The molecule has 0 spiro atoms. The summed E-state index contributed by atoms with van der Waals surface area (Å²) in [4.78, 5) is 0. The molecule has 0 aliphatic heterocycles. The van der Waals surface area contributed by atoms with E-state index in [-0.39, 0.29) is 23.0 Å². The Kier molecular flexibility index (Phi) is 3.13. The molecule has 0 aliphatic rings. The van der Waals surface area contributed by atoms with Crippen LogP contribution in [-0.2, 0) is 0 Å². The minimum Gasteiger partial charge on any atom is -0.434 e. The summed E-state index contributed by atoms with van der Waals surface area (Å²) >= 11 is 0. The monoisotopic (exact) mass is 250 g/mol. The van der Waals surface area contributed by atoms with Crippen LogP contribution in [0.2, 0.25) is 0 Å². The Hall–Kier alpha value is -2.57. The fraction of sp³-hybridized carbons (Fsp3) is 0. The molecule has 7 heteroatoms. The van der Waals surface area contributed by atoms with Crippen molar-refractivity contribution in [1.29, 1.82) is 5.41 Å². The van der Waals surface area contributed by atoms with Crippen LogP contribution in [-0.4, -0.2) is 16.0 Å². The standard InChI is InChI=1S/C11H8F2N4O/c12-7-2-1-3-8(9(7)13)18-11-6(10(14)15)4-5-16-17-11/h1-5H,(H3,14,15). The second kappa shape index (κ2) is 4.74. The van der Waals surface area contributed by atoms with Gasteiger partial charge < -0.3 is 10.5 Å². The van der Waals surface area contributed by atoms with Crippen molar-refractivity contribution in [3.05, 3.63) is 47.7 Å². The predicted molar refractivity (Wildman–Crippen MR) is 59.5 cm³/mol. The van der Waals surface area contributed by atoms with Crippen LogP contribution in [0.15, 0.2) is 30.5 Å². The fourth-order valence-corrected chi connectivity index (χ4v) is 1.27. The molecule has 1 aromatic carbocycles. The SMILES string of the molecule is N=C(N)c1ccnnc1Oc1cccc(F)c1F. The first kappa shape index (κ1) is 11.9. The zero-order chi connectivity index (χ0) is 13.1. The summed E-state index contributed by atoms with van der Waals surface area (Å²) in [6, 6.07) is 4.88. The first-order valence-corrected chi connectivity index (χ1v) is 4.87. The van der Waals surface area contributed by atoms with Crippen molar-refractivity contribution in [2.75, 3.05) is 0 Å². The minimum absolute atomic E-state index is 0.147. The molecule has 5 nitrogen and oxygen atoms in total. The lowest BCUT2D eigenvalue weighted by Crippen LogP contribution is -2.13. The zero-order valence-electron chi connectivity index (χ0n) is 9.02. The van der Waals surface area contributed by atoms with E-state index in [2.05, 4.69) is 10.2 Å². The van der Waals surface area contributed by atoms with Crippen LogP contribution >= 0.6 is 0 Å². The molecular weight excluding hydrogens is 242 g/mol. The third kappa shape index (κ3) is 2.24. The average molecular weight is 250 g/mol. The molecule has 0 atom stereocenters. The molecule has 3 N–H and O–H groups in total. The highest BCUT2D eigenvalue weighted by Crippen LogP contribution is 2.25. The van der Waals surface area contributed by atoms with Crippen LogP contribution in [0.25, 0.3) is 0 Å². The number of ether oxygens (including phenoxy) is 1. The smallest absolute Gasteiger partial charge is 0.250 e. The van der Waals surface area contributed by atoms with Gasteiger partial charge in [0.15, 0.2) is 11.6 Å². The topological polar surface area (TPSA) is 84.9 Å². The quantitative estimate of drug-likeness (QED) is 0.642. The minimum atomic E-state index is -1.14. The summed E-state index contributed by atoms with van der Waals surface area (Å²) in [6.45, 7) is 0. The maximum atomic E-state index is 13.4. The fourth-order valence-electron chi connectivity index (χ4n) is 1.27. The molecule has 0 fully saturated rings. The molecule has 1 heterocycles. The molecule has 2 aromatic rings. The Balaban J connectivity index is 2.40. The number of nitrogens with two attached hydrogens (primary N) is 1. The van der Waals surface area contributed by atoms with E-state index in [0.29, 0.717) is 0 Å². The molecule has 0 amide bonds.